The zero-order valence-corrected chi connectivity index (χ0v) is 15.6. The van der Waals surface area contributed by atoms with Gasteiger partial charge in [-0.2, -0.15) is 0 Å². The second kappa shape index (κ2) is 7.56. The van der Waals surface area contributed by atoms with Gasteiger partial charge in [0.15, 0.2) is 0 Å². The number of H-pyrrole nitrogens is 1. The zero-order valence-electron chi connectivity index (χ0n) is 15.6. The Labute approximate surface area is 153 Å². The smallest absolute Gasteiger partial charge is 0.259 e. The molecule has 0 saturated heterocycles. The number of nitrogens with one attached hydrogen (secondary N) is 3. The van der Waals surface area contributed by atoms with Crippen molar-refractivity contribution in [1.29, 1.82) is 0 Å². The summed E-state index contributed by atoms with van der Waals surface area (Å²) in [6.07, 6.45) is 4.40. The van der Waals surface area contributed by atoms with Crippen LogP contribution in [0.15, 0.2) is 41.5 Å². The van der Waals surface area contributed by atoms with Crippen molar-refractivity contribution in [2.24, 2.45) is 5.92 Å². The first-order chi connectivity index (χ1) is 12.4. The van der Waals surface area contributed by atoms with E-state index in [0.29, 0.717) is 22.9 Å². The van der Waals surface area contributed by atoms with Gasteiger partial charge in [0.25, 0.3) is 5.56 Å². The van der Waals surface area contributed by atoms with Crippen LogP contribution in [0.1, 0.15) is 32.8 Å². The molecule has 0 aromatic carbocycles. The number of aromatic amines is 1. The van der Waals surface area contributed by atoms with Gasteiger partial charge in [0.05, 0.1) is 5.39 Å². The van der Waals surface area contributed by atoms with Gasteiger partial charge in [0.2, 0.25) is 0 Å². The highest BCUT2D eigenvalue weighted by Gasteiger charge is 2.13. The van der Waals surface area contributed by atoms with Gasteiger partial charge in [-0.15, -0.1) is 0 Å². The molecule has 0 radical (unpaired) electrons. The zero-order chi connectivity index (χ0) is 18.7. The van der Waals surface area contributed by atoms with Crippen molar-refractivity contribution in [3.8, 4) is 0 Å². The average Bonchev–Trinajstić information content (AvgIpc) is 2.53. The SMILES string of the molecule is Cc1ccnc(Nc2cc3cc[nH]c(=O)c3c(NC(C)CC(C)C)n2)c1. The Balaban J connectivity index is 2.01. The maximum absolute atomic E-state index is 12.3. The van der Waals surface area contributed by atoms with Crippen LogP contribution >= 0.6 is 0 Å². The lowest BCUT2D eigenvalue weighted by molar-refractivity contribution is 0.539. The fourth-order valence-corrected chi connectivity index (χ4v) is 3.12. The maximum atomic E-state index is 12.3. The molecule has 0 bridgehead atoms. The van der Waals surface area contributed by atoms with Crippen LogP contribution in [0, 0.1) is 12.8 Å². The molecule has 6 nitrogen and oxygen atoms in total. The van der Waals surface area contributed by atoms with E-state index in [0.717, 1.165) is 23.2 Å². The summed E-state index contributed by atoms with van der Waals surface area (Å²) >= 11 is 0. The molecule has 0 saturated carbocycles. The minimum Gasteiger partial charge on any atom is -0.367 e. The number of pyridine rings is 3. The Bertz CT molecular complexity index is 964. The van der Waals surface area contributed by atoms with Crippen molar-refractivity contribution >= 4 is 28.2 Å². The lowest BCUT2D eigenvalue weighted by atomic mass is 10.1. The van der Waals surface area contributed by atoms with Gasteiger partial charge in [-0.3, -0.25) is 4.79 Å². The number of rotatable bonds is 6. The predicted molar refractivity (Wildman–Crippen MR) is 107 cm³/mol. The molecule has 0 amide bonds. The first-order valence-electron chi connectivity index (χ1n) is 8.91. The van der Waals surface area contributed by atoms with Gasteiger partial charge in [-0.1, -0.05) is 13.8 Å². The van der Waals surface area contributed by atoms with Crippen molar-refractivity contribution in [1.82, 2.24) is 15.0 Å². The highest BCUT2D eigenvalue weighted by atomic mass is 16.1. The van der Waals surface area contributed by atoms with E-state index in [-0.39, 0.29) is 11.6 Å². The second-order valence-corrected chi connectivity index (χ2v) is 7.15. The van der Waals surface area contributed by atoms with Gasteiger partial charge < -0.3 is 15.6 Å². The summed E-state index contributed by atoms with van der Waals surface area (Å²) in [5, 5.41) is 8.05. The molecule has 136 valence electrons. The average molecular weight is 351 g/mol. The first kappa shape index (κ1) is 17.9. The van der Waals surface area contributed by atoms with Crippen molar-refractivity contribution in [3.05, 3.63) is 52.6 Å². The fraction of sp³-hybridized carbons (Fsp3) is 0.350. The molecule has 26 heavy (non-hydrogen) atoms. The molecule has 1 atom stereocenters. The molecular formula is C20H25N5O. The van der Waals surface area contributed by atoms with Crippen LogP contribution in [-0.4, -0.2) is 21.0 Å². The number of hydrogen-bond acceptors (Lipinski definition) is 5. The number of fused-ring (bicyclic) bond motifs is 1. The number of anilines is 3. The van der Waals surface area contributed by atoms with Gasteiger partial charge in [0.1, 0.15) is 17.5 Å². The second-order valence-electron chi connectivity index (χ2n) is 7.15. The molecule has 6 heteroatoms. The highest BCUT2D eigenvalue weighted by Crippen LogP contribution is 2.25. The molecular weight excluding hydrogens is 326 g/mol. The third-order valence-corrected chi connectivity index (χ3v) is 4.13. The number of nitrogens with zero attached hydrogens (tertiary/aromatic N) is 2. The number of hydrogen-bond donors (Lipinski definition) is 3. The third kappa shape index (κ3) is 4.20. The normalized spacial score (nSPS) is 12.3. The topological polar surface area (TPSA) is 82.7 Å². The van der Waals surface area contributed by atoms with E-state index in [1.54, 1.807) is 12.4 Å². The molecule has 0 aliphatic carbocycles. The molecule has 3 rings (SSSR count). The van der Waals surface area contributed by atoms with E-state index in [4.69, 9.17) is 0 Å². The van der Waals surface area contributed by atoms with Crippen molar-refractivity contribution in [3.63, 3.8) is 0 Å². The summed E-state index contributed by atoms with van der Waals surface area (Å²) < 4.78 is 0. The van der Waals surface area contributed by atoms with Gasteiger partial charge in [-0.25, -0.2) is 9.97 Å². The molecule has 3 heterocycles. The summed E-state index contributed by atoms with van der Waals surface area (Å²) in [6, 6.07) is 7.85. The molecule has 1 unspecified atom stereocenters. The van der Waals surface area contributed by atoms with Gasteiger partial charge in [0, 0.05) is 18.4 Å². The lowest BCUT2D eigenvalue weighted by Gasteiger charge is -2.18. The monoisotopic (exact) mass is 351 g/mol. The van der Waals surface area contributed by atoms with Crippen LogP contribution in [0.4, 0.5) is 17.5 Å². The van der Waals surface area contributed by atoms with Crippen LogP contribution in [-0.2, 0) is 0 Å². The number of aryl methyl sites for hydroxylation is 1. The Morgan fingerprint density at radius 2 is 1.96 bits per heavy atom. The van der Waals surface area contributed by atoms with E-state index in [2.05, 4.69) is 46.4 Å². The van der Waals surface area contributed by atoms with E-state index in [1.807, 2.05) is 31.2 Å². The third-order valence-electron chi connectivity index (χ3n) is 4.13. The summed E-state index contributed by atoms with van der Waals surface area (Å²) in [5.74, 6) is 2.52. The van der Waals surface area contributed by atoms with Crippen LogP contribution in [0.3, 0.4) is 0 Å². The molecule has 3 aromatic rings. The molecule has 3 aromatic heterocycles. The summed E-state index contributed by atoms with van der Waals surface area (Å²) in [6.45, 7) is 8.48. The predicted octanol–water partition coefficient (Wildman–Crippen LogP) is 4.22. The Morgan fingerprint density at radius 1 is 1.15 bits per heavy atom. The van der Waals surface area contributed by atoms with E-state index in [1.165, 1.54) is 0 Å². The van der Waals surface area contributed by atoms with Gasteiger partial charge >= 0.3 is 0 Å². The molecule has 0 aliphatic rings. The van der Waals surface area contributed by atoms with Crippen LogP contribution < -0.4 is 16.2 Å². The van der Waals surface area contributed by atoms with E-state index < -0.39 is 0 Å². The minimum atomic E-state index is -0.144. The van der Waals surface area contributed by atoms with E-state index in [9.17, 15) is 4.79 Å². The first-order valence-corrected chi connectivity index (χ1v) is 8.91. The largest absolute Gasteiger partial charge is 0.367 e. The highest BCUT2D eigenvalue weighted by molar-refractivity contribution is 5.93. The molecule has 0 spiro atoms. The van der Waals surface area contributed by atoms with Crippen LogP contribution in [0.2, 0.25) is 0 Å². The Hall–Kier alpha value is -2.89. The van der Waals surface area contributed by atoms with E-state index >= 15 is 0 Å². The summed E-state index contributed by atoms with van der Waals surface area (Å²) in [4.78, 5) is 24.1. The Morgan fingerprint density at radius 3 is 2.69 bits per heavy atom. The Kier molecular flexibility index (Phi) is 5.21. The van der Waals surface area contributed by atoms with Crippen LogP contribution in [0.5, 0.6) is 0 Å². The maximum Gasteiger partial charge on any atom is 0.259 e. The lowest BCUT2D eigenvalue weighted by Crippen LogP contribution is -2.20. The minimum absolute atomic E-state index is 0.144. The van der Waals surface area contributed by atoms with Crippen molar-refractivity contribution in [2.75, 3.05) is 10.6 Å². The molecule has 0 aliphatic heterocycles. The van der Waals surface area contributed by atoms with Crippen molar-refractivity contribution in [2.45, 2.75) is 40.2 Å². The quantitative estimate of drug-likeness (QED) is 0.619. The van der Waals surface area contributed by atoms with Crippen molar-refractivity contribution < 1.29 is 0 Å². The fourth-order valence-electron chi connectivity index (χ4n) is 3.12. The summed E-state index contributed by atoms with van der Waals surface area (Å²) in [5.41, 5.74) is 0.970. The molecule has 3 N–H and O–H groups in total. The van der Waals surface area contributed by atoms with Crippen LogP contribution in [0.25, 0.3) is 10.8 Å². The molecule has 0 fully saturated rings. The standard InChI is InChI=1S/C20H25N5O/c1-12(2)9-14(4)23-19-18-15(6-8-22-20(18)26)11-17(25-19)24-16-10-13(3)5-7-21-16/h5-8,10-12,14H,9H2,1-4H3,(H,22,26)(H2,21,23,24,25). The number of aromatic nitrogens is 3. The summed E-state index contributed by atoms with van der Waals surface area (Å²) in [7, 11) is 0. The van der Waals surface area contributed by atoms with Gasteiger partial charge in [-0.05, 0) is 61.4 Å².